The molecule has 0 saturated carbocycles. The average molecular weight is 295 g/mol. The number of hydrogen-bond acceptors (Lipinski definition) is 3. The lowest BCUT2D eigenvalue weighted by atomic mass is 9.99. The van der Waals surface area contributed by atoms with E-state index in [9.17, 15) is 0 Å². The third kappa shape index (κ3) is 3.35. The van der Waals surface area contributed by atoms with Gasteiger partial charge in [-0.15, -0.1) is 11.3 Å². The van der Waals surface area contributed by atoms with Crippen molar-refractivity contribution in [3.05, 3.63) is 40.2 Å². The molecular formula is C15H19ClN2S. The van der Waals surface area contributed by atoms with E-state index in [0.29, 0.717) is 5.92 Å². The summed E-state index contributed by atoms with van der Waals surface area (Å²) in [6.45, 7) is 4.37. The van der Waals surface area contributed by atoms with Crippen molar-refractivity contribution >= 4 is 11.3 Å². The van der Waals surface area contributed by atoms with Gasteiger partial charge in [-0.25, -0.2) is 4.98 Å². The van der Waals surface area contributed by atoms with Crippen LogP contribution >= 0.6 is 11.3 Å². The lowest BCUT2D eigenvalue weighted by Crippen LogP contribution is -3.00. The van der Waals surface area contributed by atoms with Crippen LogP contribution in [0.3, 0.4) is 0 Å². The molecule has 1 aromatic heterocycles. The summed E-state index contributed by atoms with van der Waals surface area (Å²) >= 11 is 1.82. The van der Waals surface area contributed by atoms with Crippen LogP contribution in [-0.2, 0) is 0 Å². The summed E-state index contributed by atoms with van der Waals surface area (Å²) in [6, 6.07) is 8.63. The Kier molecular flexibility index (Phi) is 4.97. The zero-order valence-corrected chi connectivity index (χ0v) is 12.6. The molecular weight excluding hydrogens is 276 g/mol. The number of benzene rings is 1. The summed E-state index contributed by atoms with van der Waals surface area (Å²) in [5.74, 6) is 0.662. The number of piperidine rings is 1. The molecule has 0 aliphatic carbocycles. The van der Waals surface area contributed by atoms with Crippen molar-refractivity contribution in [2.24, 2.45) is 0 Å². The molecule has 0 radical (unpaired) electrons. The van der Waals surface area contributed by atoms with Gasteiger partial charge in [0.15, 0.2) is 0 Å². The second-order valence-electron chi connectivity index (χ2n) is 4.96. The lowest BCUT2D eigenvalue weighted by molar-refractivity contribution is -0.00000373. The molecule has 3 rings (SSSR count). The molecule has 102 valence electrons. The zero-order chi connectivity index (χ0) is 12.4. The van der Waals surface area contributed by atoms with Gasteiger partial charge in [-0.1, -0.05) is 29.8 Å². The molecule has 2 heterocycles. The van der Waals surface area contributed by atoms with Crippen LogP contribution in [-0.4, -0.2) is 18.1 Å². The van der Waals surface area contributed by atoms with Gasteiger partial charge in [0.25, 0.3) is 0 Å². The fourth-order valence-corrected chi connectivity index (χ4v) is 3.40. The van der Waals surface area contributed by atoms with E-state index in [1.165, 1.54) is 29.0 Å². The maximum atomic E-state index is 4.82. The minimum Gasteiger partial charge on any atom is -1.00 e. The Morgan fingerprint density at radius 2 is 1.89 bits per heavy atom. The van der Waals surface area contributed by atoms with Crippen molar-refractivity contribution in [2.45, 2.75) is 25.7 Å². The molecule has 1 saturated heterocycles. The lowest BCUT2D eigenvalue weighted by Gasteiger charge is -2.20. The Morgan fingerprint density at radius 3 is 2.58 bits per heavy atom. The van der Waals surface area contributed by atoms with Gasteiger partial charge in [-0.2, -0.15) is 0 Å². The monoisotopic (exact) mass is 294 g/mol. The van der Waals surface area contributed by atoms with E-state index >= 15 is 0 Å². The highest BCUT2D eigenvalue weighted by atomic mass is 35.5. The third-order valence-electron chi connectivity index (χ3n) is 3.56. The first-order chi connectivity index (χ1) is 8.83. The Bertz CT molecular complexity index is 521. The van der Waals surface area contributed by atoms with Gasteiger partial charge in [0.1, 0.15) is 0 Å². The van der Waals surface area contributed by atoms with Crippen molar-refractivity contribution in [1.29, 1.82) is 0 Å². The molecule has 2 nitrogen and oxygen atoms in total. The van der Waals surface area contributed by atoms with E-state index in [0.717, 1.165) is 18.8 Å². The fourth-order valence-electron chi connectivity index (χ4n) is 2.40. The molecule has 0 unspecified atom stereocenters. The summed E-state index contributed by atoms with van der Waals surface area (Å²) in [5, 5.41) is 6.91. The molecule has 1 fully saturated rings. The standard InChI is InChI=1S/C15H18N2S.ClH/c1-11-2-4-12(5-3-11)14-10-18-15(17-14)13-6-8-16-9-7-13;/h2-5,10,13,16H,6-9H2,1H3;1H. The van der Waals surface area contributed by atoms with Crippen LogP contribution in [0, 0.1) is 6.92 Å². The van der Waals surface area contributed by atoms with E-state index in [1.807, 2.05) is 11.3 Å². The van der Waals surface area contributed by atoms with Gasteiger partial charge in [0.05, 0.1) is 10.7 Å². The molecule has 2 aromatic rings. The molecule has 0 bridgehead atoms. The Hall–Kier alpha value is -0.900. The van der Waals surface area contributed by atoms with E-state index in [2.05, 4.69) is 41.9 Å². The highest BCUT2D eigenvalue weighted by Gasteiger charge is 2.18. The van der Waals surface area contributed by atoms with Crippen LogP contribution in [0.2, 0.25) is 0 Å². The van der Waals surface area contributed by atoms with Crippen LogP contribution in [0.25, 0.3) is 11.3 Å². The zero-order valence-electron chi connectivity index (χ0n) is 12.0. The predicted octanol–water partition coefficient (Wildman–Crippen LogP) is 0.702. The van der Waals surface area contributed by atoms with Crippen molar-refractivity contribution in [2.75, 3.05) is 13.1 Å². The molecule has 0 atom stereocenters. The Morgan fingerprint density at radius 1 is 1.21 bits per heavy atom. The topological polar surface area (TPSA) is 24.9 Å². The number of halogens is 1. The van der Waals surface area contributed by atoms with Gasteiger partial charge < -0.3 is 17.7 Å². The number of nitrogens with zero attached hydrogens (tertiary/aromatic N) is 1. The van der Waals surface area contributed by atoms with Crippen LogP contribution in [0.5, 0.6) is 0 Å². The first-order valence-electron chi connectivity index (χ1n) is 6.56. The summed E-state index contributed by atoms with van der Waals surface area (Å²) in [5.41, 5.74) is 3.66. The molecule has 0 amide bonds. The first kappa shape index (κ1) is 14.5. The molecule has 0 spiro atoms. The predicted molar refractivity (Wildman–Crippen MR) is 78.2 cm³/mol. The van der Waals surface area contributed by atoms with Gasteiger partial charge >= 0.3 is 1.43 Å². The van der Waals surface area contributed by atoms with Gasteiger partial charge in [0.2, 0.25) is 0 Å². The Labute approximate surface area is 126 Å². The second kappa shape index (κ2) is 6.51. The van der Waals surface area contributed by atoms with Crippen LogP contribution in [0.15, 0.2) is 29.6 Å². The molecule has 1 N–H and O–H groups in total. The summed E-state index contributed by atoms with van der Waals surface area (Å²) in [7, 11) is 0. The molecule has 1 aromatic carbocycles. The largest absolute Gasteiger partial charge is 1.00 e. The Balaban J connectivity index is 0.000001000. The van der Waals surface area contributed by atoms with Crippen molar-refractivity contribution in [3.8, 4) is 11.3 Å². The van der Waals surface area contributed by atoms with E-state index in [4.69, 9.17) is 4.98 Å². The van der Waals surface area contributed by atoms with Crippen LogP contribution < -0.4 is 17.7 Å². The quantitative estimate of drug-likeness (QED) is 0.882. The SMILES string of the molecule is Cc1ccc(-c2csc(C3CCNCC3)n2)cc1.[Cl-].[H+]. The normalized spacial score (nSPS) is 16.1. The minimum absolute atomic E-state index is 0. The number of rotatable bonds is 2. The third-order valence-corrected chi connectivity index (χ3v) is 4.56. The number of aryl methyl sites for hydroxylation is 1. The number of thiazole rings is 1. The minimum atomic E-state index is 0. The number of aromatic nitrogens is 1. The number of hydrogen-bond donors (Lipinski definition) is 1. The smallest absolute Gasteiger partial charge is 1.00 e. The van der Waals surface area contributed by atoms with E-state index in [1.54, 1.807) is 0 Å². The van der Waals surface area contributed by atoms with Gasteiger partial charge in [0, 0.05) is 16.9 Å². The van der Waals surface area contributed by atoms with Crippen molar-refractivity contribution < 1.29 is 13.8 Å². The maximum Gasteiger partial charge on any atom is 1.00 e. The highest BCUT2D eigenvalue weighted by Crippen LogP contribution is 2.31. The number of nitrogens with one attached hydrogen (secondary N) is 1. The second-order valence-corrected chi connectivity index (χ2v) is 5.85. The van der Waals surface area contributed by atoms with E-state index in [-0.39, 0.29) is 13.8 Å². The van der Waals surface area contributed by atoms with Gasteiger partial charge in [-0.05, 0) is 32.9 Å². The van der Waals surface area contributed by atoms with Crippen LogP contribution in [0.1, 0.15) is 30.8 Å². The molecule has 4 heteroatoms. The summed E-state index contributed by atoms with van der Waals surface area (Å²) in [4.78, 5) is 4.82. The van der Waals surface area contributed by atoms with Gasteiger partial charge in [-0.3, -0.25) is 0 Å². The summed E-state index contributed by atoms with van der Waals surface area (Å²) in [6.07, 6.45) is 2.45. The molecule has 1 aliphatic heterocycles. The van der Waals surface area contributed by atoms with Crippen molar-refractivity contribution in [1.82, 2.24) is 10.3 Å². The molecule has 1 aliphatic rings. The first-order valence-corrected chi connectivity index (χ1v) is 7.44. The maximum absolute atomic E-state index is 4.82. The fraction of sp³-hybridized carbons (Fsp3) is 0.400. The van der Waals surface area contributed by atoms with E-state index < -0.39 is 0 Å². The molecule has 19 heavy (non-hydrogen) atoms. The average Bonchev–Trinajstić information content (AvgIpc) is 2.90. The summed E-state index contributed by atoms with van der Waals surface area (Å²) < 4.78 is 0. The van der Waals surface area contributed by atoms with Crippen molar-refractivity contribution in [3.63, 3.8) is 0 Å². The van der Waals surface area contributed by atoms with Crippen LogP contribution in [0.4, 0.5) is 0 Å². The highest BCUT2D eigenvalue weighted by molar-refractivity contribution is 7.10.